The maximum atomic E-state index is 12.6. The zero-order valence-corrected chi connectivity index (χ0v) is 14.1. The van der Waals surface area contributed by atoms with E-state index in [0.717, 1.165) is 19.4 Å². The Morgan fingerprint density at radius 1 is 1.52 bits per heavy atom. The van der Waals surface area contributed by atoms with Crippen molar-refractivity contribution in [2.45, 2.75) is 58.6 Å². The van der Waals surface area contributed by atoms with Gasteiger partial charge in [-0.1, -0.05) is 6.08 Å². The van der Waals surface area contributed by atoms with Crippen molar-refractivity contribution in [2.24, 2.45) is 17.8 Å². The van der Waals surface area contributed by atoms with E-state index >= 15 is 0 Å². The minimum absolute atomic E-state index is 0.129. The zero-order chi connectivity index (χ0) is 16.3. The molecule has 0 radical (unpaired) electrons. The fourth-order valence-electron chi connectivity index (χ4n) is 3.19. The van der Waals surface area contributed by atoms with Gasteiger partial charge in [0.1, 0.15) is 5.60 Å². The lowest BCUT2D eigenvalue weighted by molar-refractivity contribution is -0.163. The number of carbonyl (C=O) groups excluding carboxylic acids is 1. The summed E-state index contributed by atoms with van der Waals surface area (Å²) in [7, 11) is 0. The minimum atomic E-state index is -0.474. The molecule has 0 aliphatic carbocycles. The highest BCUT2D eigenvalue weighted by molar-refractivity contribution is 5.75. The lowest BCUT2D eigenvalue weighted by Gasteiger charge is -2.32. The van der Waals surface area contributed by atoms with E-state index in [-0.39, 0.29) is 35.9 Å². The average Bonchev–Trinajstić information content (AvgIpc) is 2.61. The molecule has 1 aliphatic rings. The predicted octanol–water partition coefficient (Wildman–Crippen LogP) is 2.52. The molecule has 21 heavy (non-hydrogen) atoms. The van der Waals surface area contributed by atoms with Crippen LogP contribution in [0, 0.1) is 17.8 Å². The molecule has 0 aromatic heterocycles. The van der Waals surface area contributed by atoms with Crippen molar-refractivity contribution in [1.82, 2.24) is 5.32 Å². The minimum Gasteiger partial charge on any atom is -0.460 e. The SMILES string of the molecule is C=CC[C@@H](CO)C[C@@H]1CNC(C)(C)[C@H]1C(=O)OC(C)(C)C. The zero-order valence-electron chi connectivity index (χ0n) is 14.1. The highest BCUT2D eigenvalue weighted by atomic mass is 16.6. The Labute approximate surface area is 129 Å². The van der Waals surface area contributed by atoms with Gasteiger partial charge >= 0.3 is 5.97 Å². The van der Waals surface area contributed by atoms with Crippen molar-refractivity contribution < 1.29 is 14.6 Å². The summed E-state index contributed by atoms with van der Waals surface area (Å²) in [5, 5.41) is 12.9. The van der Waals surface area contributed by atoms with Gasteiger partial charge in [-0.2, -0.15) is 0 Å². The summed E-state index contributed by atoms with van der Waals surface area (Å²) in [6, 6.07) is 0. The van der Waals surface area contributed by atoms with E-state index in [1.807, 2.05) is 40.7 Å². The Morgan fingerprint density at radius 2 is 2.14 bits per heavy atom. The second-order valence-electron chi connectivity index (χ2n) is 7.68. The second-order valence-corrected chi connectivity index (χ2v) is 7.68. The number of rotatable bonds is 6. The van der Waals surface area contributed by atoms with Gasteiger partial charge in [0.05, 0.1) is 5.92 Å². The third-order valence-electron chi connectivity index (χ3n) is 4.12. The number of hydrogen-bond acceptors (Lipinski definition) is 4. The first kappa shape index (κ1) is 18.2. The van der Waals surface area contributed by atoms with Crippen LogP contribution in [0.2, 0.25) is 0 Å². The van der Waals surface area contributed by atoms with E-state index in [1.54, 1.807) is 0 Å². The number of nitrogens with one attached hydrogen (secondary N) is 1. The first-order chi connectivity index (χ1) is 9.60. The summed E-state index contributed by atoms with van der Waals surface area (Å²) in [6.45, 7) is 14.4. The van der Waals surface area contributed by atoms with E-state index in [4.69, 9.17) is 4.74 Å². The Bertz CT molecular complexity index is 371. The third-order valence-corrected chi connectivity index (χ3v) is 4.12. The van der Waals surface area contributed by atoms with Crippen LogP contribution in [0.4, 0.5) is 0 Å². The van der Waals surface area contributed by atoms with E-state index in [1.165, 1.54) is 0 Å². The van der Waals surface area contributed by atoms with E-state index in [0.29, 0.717) is 0 Å². The number of aliphatic hydroxyl groups is 1. The molecule has 0 unspecified atom stereocenters. The molecule has 1 saturated heterocycles. The smallest absolute Gasteiger partial charge is 0.311 e. The quantitative estimate of drug-likeness (QED) is 0.584. The Kier molecular flexibility index (Phi) is 6.00. The predicted molar refractivity (Wildman–Crippen MR) is 84.9 cm³/mol. The molecule has 1 rings (SSSR count). The third kappa shape index (κ3) is 5.11. The lowest BCUT2D eigenvalue weighted by atomic mass is 9.78. The number of ether oxygens (including phenoxy) is 1. The topological polar surface area (TPSA) is 58.6 Å². The van der Waals surface area contributed by atoms with Crippen molar-refractivity contribution >= 4 is 5.97 Å². The second kappa shape index (κ2) is 6.93. The summed E-state index contributed by atoms with van der Waals surface area (Å²) >= 11 is 0. The van der Waals surface area contributed by atoms with Crippen LogP contribution in [0.3, 0.4) is 0 Å². The van der Waals surface area contributed by atoms with Crippen LogP contribution in [0.5, 0.6) is 0 Å². The molecule has 0 spiro atoms. The van der Waals surface area contributed by atoms with Crippen molar-refractivity contribution in [3.63, 3.8) is 0 Å². The molecule has 0 saturated carbocycles. The van der Waals surface area contributed by atoms with Crippen LogP contribution in [0.1, 0.15) is 47.5 Å². The molecule has 1 heterocycles. The van der Waals surface area contributed by atoms with Gasteiger partial charge in [0.25, 0.3) is 0 Å². The van der Waals surface area contributed by atoms with Crippen molar-refractivity contribution in [3.05, 3.63) is 12.7 Å². The van der Waals surface area contributed by atoms with Gasteiger partial charge in [-0.15, -0.1) is 6.58 Å². The summed E-state index contributed by atoms with van der Waals surface area (Å²) < 4.78 is 5.60. The summed E-state index contributed by atoms with van der Waals surface area (Å²) in [5.74, 6) is 0.0217. The number of allylic oxidation sites excluding steroid dienone is 1. The van der Waals surface area contributed by atoms with Crippen LogP contribution >= 0.6 is 0 Å². The number of esters is 1. The molecular formula is C17H31NO3. The van der Waals surface area contributed by atoms with E-state index in [2.05, 4.69) is 11.9 Å². The molecule has 0 aromatic carbocycles. The molecule has 0 aromatic rings. The van der Waals surface area contributed by atoms with E-state index < -0.39 is 5.60 Å². The molecule has 3 atom stereocenters. The van der Waals surface area contributed by atoms with Crippen LogP contribution < -0.4 is 5.32 Å². The molecule has 4 heteroatoms. The fourth-order valence-corrected chi connectivity index (χ4v) is 3.19. The standard InChI is InChI=1S/C17H31NO3/c1-7-8-12(11-19)9-13-10-18-17(5,6)14(13)15(20)21-16(2,3)4/h7,12-14,18-19H,1,8-11H2,2-6H3/t12-,13-,14-/m1/s1. The summed E-state index contributed by atoms with van der Waals surface area (Å²) in [4.78, 5) is 12.6. The number of hydrogen-bond donors (Lipinski definition) is 2. The van der Waals surface area contributed by atoms with Gasteiger partial charge in [0.2, 0.25) is 0 Å². The highest BCUT2D eigenvalue weighted by Crippen LogP contribution is 2.37. The fraction of sp³-hybridized carbons (Fsp3) is 0.824. The maximum Gasteiger partial charge on any atom is 0.311 e. The molecule has 0 amide bonds. The Morgan fingerprint density at radius 3 is 2.62 bits per heavy atom. The van der Waals surface area contributed by atoms with Crippen molar-refractivity contribution in [3.8, 4) is 0 Å². The lowest BCUT2D eigenvalue weighted by Crippen LogP contribution is -2.45. The van der Waals surface area contributed by atoms with Crippen LogP contribution in [-0.4, -0.2) is 35.4 Å². The average molecular weight is 297 g/mol. The van der Waals surface area contributed by atoms with E-state index in [9.17, 15) is 9.90 Å². The molecular weight excluding hydrogens is 266 g/mol. The van der Waals surface area contributed by atoms with Crippen LogP contribution in [0.25, 0.3) is 0 Å². The molecule has 122 valence electrons. The normalized spacial score (nSPS) is 26.4. The van der Waals surface area contributed by atoms with Gasteiger partial charge in [-0.3, -0.25) is 4.79 Å². The van der Waals surface area contributed by atoms with Crippen molar-refractivity contribution in [1.29, 1.82) is 0 Å². The summed E-state index contributed by atoms with van der Waals surface area (Å²) in [6.07, 6.45) is 3.41. The van der Waals surface area contributed by atoms with Gasteiger partial charge in [0, 0.05) is 12.1 Å². The van der Waals surface area contributed by atoms with Gasteiger partial charge in [-0.25, -0.2) is 0 Å². The maximum absolute atomic E-state index is 12.6. The molecule has 2 N–H and O–H groups in total. The molecule has 4 nitrogen and oxygen atoms in total. The van der Waals surface area contributed by atoms with Crippen molar-refractivity contribution in [2.75, 3.05) is 13.2 Å². The first-order valence-electron chi connectivity index (χ1n) is 7.80. The molecule has 0 bridgehead atoms. The highest BCUT2D eigenvalue weighted by Gasteiger charge is 2.48. The Balaban J connectivity index is 2.83. The number of aliphatic hydroxyl groups excluding tert-OH is 1. The molecule has 1 fully saturated rings. The van der Waals surface area contributed by atoms with Crippen LogP contribution in [-0.2, 0) is 9.53 Å². The van der Waals surface area contributed by atoms with Gasteiger partial charge in [-0.05, 0) is 65.8 Å². The molecule has 1 aliphatic heterocycles. The largest absolute Gasteiger partial charge is 0.460 e. The van der Waals surface area contributed by atoms with Gasteiger partial charge in [0.15, 0.2) is 0 Å². The Hall–Kier alpha value is -0.870. The monoisotopic (exact) mass is 297 g/mol. The first-order valence-corrected chi connectivity index (χ1v) is 7.80. The van der Waals surface area contributed by atoms with Gasteiger partial charge < -0.3 is 15.2 Å². The van der Waals surface area contributed by atoms with Crippen LogP contribution in [0.15, 0.2) is 12.7 Å². The summed E-state index contributed by atoms with van der Waals surface area (Å²) in [5.41, 5.74) is -0.751. The number of carbonyl (C=O) groups is 1.